The molecule has 1 unspecified atom stereocenters. The molecule has 2 aromatic carbocycles. The van der Waals surface area contributed by atoms with Gasteiger partial charge in [0.25, 0.3) is 0 Å². The van der Waals surface area contributed by atoms with Gasteiger partial charge in [0, 0.05) is 12.7 Å². The van der Waals surface area contributed by atoms with Crippen LogP contribution in [0.3, 0.4) is 0 Å². The Morgan fingerprint density at radius 1 is 1.10 bits per heavy atom. The number of allylic oxidation sites excluding steroid dienone is 2. The molecule has 10 heteroatoms. The number of benzene rings is 2. The number of rotatable bonds is 9. The Hall–Kier alpha value is -3.76. The lowest BCUT2D eigenvalue weighted by Gasteiger charge is -2.39. The first-order chi connectivity index (χ1) is 19.2. The zero-order chi connectivity index (χ0) is 28.9. The zero-order valence-corrected chi connectivity index (χ0v) is 22.6. The number of nitrogens with one attached hydrogen (secondary N) is 1. The standard InChI is InChI=1S/C30H28F4N4OS/c1-2-18-7-9-36-27(13-18)29(39)30(15-19-11-24(32)28(34)25(33)12-19)16-20(17-35)26(14-21(30)8-10-37-40)38-23-5-3-22(31)4-6-23/h3-7,9,11-14,17,37,40H,2,8,10,15-16,35H2,1H3. The highest BCUT2D eigenvalue weighted by atomic mass is 32.1. The van der Waals surface area contributed by atoms with Crippen molar-refractivity contribution >= 4 is 30.0 Å². The lowest BCUT2D eigenvalue weighted by Crippen LogP contribution is -2.41. The van der Waals surface area contributed by atoms with Crippen LogP contribution in [0.5, 0.6) is 0 Å². The van der Waals surface area contributed by atoms with Crippen molar-refractivity contribution in [2.75, 3.05) is 6.54 Å². The second kappa shape index (κ2) is 12.6. The molecule has 1 aliphatic carbocycles. The molecule has 1 heterocycles. The molecule has 0 radical (unpaired) electrons. The van der Waals surface area contributed by atoms with Crippen LogP contribution >= 0.6 is 12.8 Å². The zero-order valence-electron chi connectivity index (χ0n) is 21.7. The predicted molar refractivity (Wildman–Crippen MR) is 150 cm³/mol. The Labute approximate surface area is 235 Å². The number of thiol groups is 1. The third kappa shape index (κ3) is 6.18. The molecule has 4 rings (SSSR count). The van der Waals surface area contributed by atoms with Crippen LogP contribution in [0.4, 0.5) is 23.2 Å². The van der Waals surface area contributed by atoms with Gasteiger partial charge in [-0.05, 0) is 103 Å². The van der Waals surface area contributed by atoms with E-state index in [-0.39, 0.29) is 29.9 Å². The number of pyridine rings is 1. The number of aryl methyl sites for hydroxylation is 1. The van der Waals surface area contributed by atoms with Gasteiger partial charge in [0.1, 0.15) is 11.5 Å². The SMILES string of the molecule is CCc1ccnc(C(=O)C2(Cc3cc(F)c(F)c(F)c3)CC(=CN)C(=Nc3ccc(F)cc3)C=C2CCNS)c1. The van der Waals surface area contributed by atoms with Crippen LogP contribution in [-0.2, 0) is 12.8 Å². The van der Waals surface area contributed by atoms with Crippen LogP contribution in [0, 0.1) is 28.7 Å². The topological polar surface area (TPSA) is 80.4 Å². The Kier molecular flexibility index (Phi) is 9.21. The average Bonchev–Trinajstić information content (AvgIpc) is 2.96. The maximum atomic E-state index is 14.4. The highest BCUT2D eigenvalue weighted by Gasteiger charge is 2.46. The summed E-state index contributed by atoms with van der Waals surface area (Å²) in [6, 6.07) is 10.9. The summed E-state index contributed by atoms with van der Waals surface area (Å²) in [7, 11) is 0. The van der Waals surface area contributed by atoms with Crippen molar-refractivity contribution in [1.82, 2.24) is 9.71 Å². The molecule has 0 amide bonds. The number of nitrogens with zero attached hydrogens (tertiary/aromatic N) is 2. The fourth-order valence-corrected chi connectivity index (χ4v) is 5.05. The van der Waals surface area contributed by atoms with Crippen LogP contribution in [0.2, 0.25) is 0 Å². The van der Waals surface area contributed by atoms with E-state index in [0.29, 0.717) is 41.9 Å². The van der Waals surface area contributed by atoms with Crippen molar-refractivity contribution in [2.24, 2.45) is 16.1 Å². The van der Waals surface area contributed by atoms with Gasteiger partial charge < -0.3 is 5.73 Å². The van der Waals surface area contributed by atoms with Gasteiger partial charge in [-0.15, -0.1) is 0 Å². The first-order valence-electron chi connectivity index (χ1n) is 12.7. The fourth-order valence-electron chi connectivity index (χ4n) is 4.93. The number of halogens is 4. The highest BCUT2D eigenvalue weighted by molar-refractivity contribution is 7.78. The second-order valence-corrected chi connectivity index (χ2v) is 9.85. The van der Waals surface area contributed by atoms with E-state index < -0.39 is 28.7 Å². The van der Waals surface area contributed by atoms with Crippen molar-refractivity contribution in [3.05, 3.63) is 118 Å². The van der Waals surface area contributed by atoms with E-state index in [4.69, 9.17) is 5.73 Å². The summed E-state index contributed by atoms with van der Waals surface area (Å²) >= 11 is 4.10. The van der Waals surface area contributed by atoms with E-state index in [9.17, 15) is 22.4 Å². The molecule has 3 N–H and O–H groups in total. The molecule has 0 aliphatic heterocycles. The summed E-state index contributed by atoms with van der Waals surface area (Å²) < 4.78 is 58.7. The van der Waals surface area contributed by atoms with Crippen molar-refractivity contribution in [1.29, 1.82) is 0 Å². The number of hydrogen-bond acceptors (Lipinski definition) is 6. The van der Waals surface area contributed by atoms with Crippen LogP contribution in [0.15, 0.2) is 83.1 Å². The molecule has 40 heavy (non-hydrogen) atoms. The number of Topliss-reactive ketones (excluding diaryl/α,β-unsaturated/α-hetero) is 1. The minimum atomic E-state index is -1.59. The van der Waals surface area contributed by atoms with E-state index in [1.54, 1.807) is 24.4 Å². The average molecular weight is 569 g/mol. The summed E-state index contributed by atoms with van der Waals surface area (Å²) in [4.78, 5) is 23.4. The van der Waals surface area contributed by atoms with Crippen LogP contribution in [0.1, 0.15) is 41.4 Å². The Morgan fingerprint density at radius 2 is 1.80 bits per heavy atom. The molecule has 0 fully saturated rings. The number of carbonyl (C=O) groups excluding carboxylic acids is 1. The van der Waals surface area contributed by atoms with Gasteiger partial charge in [0.15, 0.2) is 23.2 Å². The maximum Gasteiger partial charge on any atom is 0.194 e. The normalized spacial score (nSPS) is 19.2. The number of carbonyl (C=O) groups is 1. The number of ketones is 1. The first-order valence-corrected chi connectivity index (χ1v) is 13.1. The molecule has 0 bridgehead atoms. The Bertz CT molecular complexity index is 1480. The molecule has 1 atom stereocenters. The predicted octanol–water partition coefficient (Wildman–Crippen LogP) is 6.38. The van der Waals surface area contributed by atoms with Gasteiger partial charge in [-0.1, -0.05) is 25.3 Å². The molecule has 3 aromatic rings. The first kappa shape index (κ1) is 29.2. The Balaban J connectivity index is 1.94. The molecule has 0 spiro atoms. The van der Waals surface area contributed by atoms with Gasteiger partial charge >= 0.3 is 0 Å². The van der Waals surface area contributed by atoms with Crippen molar-refractivity contribution < 1.29 is 22.4 Å². The van der Waals surface area contributed by atoms with Crippen molar-refractivity contribution in [3.63, 3.8) is 0 Å². The summed E-state index contributed by atoms with van der Waals surface area (Å²) in [5.41, 5.74) is 7.83. The van der Waals surface area contributed by atoms with E-state index >= 15 is 0 Å². The van der Waals surface area contributed by atoms with Gasteiger partial charge in [0.2, 0.25) is 0 Å². The summed E-state index contributed by atoms with van der Waals surface area (Å²) in [5.74, 6) is -5.08. The lowest BCUT2D eigenvalue weighted by atomic mass is 9.63. The number of hydrogen-bond donors (Lipinski definition) is 3. The van der Waals surface area contributed by atoms with Crippen molar-refractivity contribution in [3.8, 4) is 0 Å². The molecule has 1 aliphatic rings. The molecule has 0 saturated carbocycles. The number of aromatic nitrogens is 1. The van der Waals surface area contributed by atoms with Crippen LogP contribution < -0.4 is 10.5 Å². The molecule has 1 aromatic heterocycles. The molecule has 5 nitrogen and oxygen atoms in total. The lowest BCUT2D eigenvalue weighted by molar-refractivity contribution is 0.0826. The van der Waals surface area contributed by atoms with Crippen LogP contribution in [-0.4, -0.2) is 23.0 Å². The number of nitrogens with two attached hydrogens (primary N) is 1. The van der Waals surface area contributed by atoms with Gasteiger partial charge in [-0.2, -0.15) is 0 Å². The highest BCUT2D eigenvalue weighted by Crippen LogP contribution is 2.46. The van der Waals surface area contributed by atoms with E-state index in [2.05, 4.69) is 27.5 Å². The molecule has 0 saturated heterocycles. The summed E-state index contributed by atoms with van der Waals surface area (Å²) in [5, 5.41) is 0. The third-order valence-electron chi connectivity index (χ3n) is 6.98. The molecular weight excluding hydrogens is 540 g/mol. The Morgan fingerprint density at radius 3 is 2.42 bits per heavy atom. The monoisotopic (exact) mass is 568 g/mol. The maximum absolute atomic E-state index is 14.4. The quantitative estimate of drug-likeness (QED) is 0.121. The summed E-state index contributed by atoms with van der Waals surface area (Å²) in [6.45, 7) is 2.30. The van der Waals surface area contributed by atoms with E-state index in [1.807, 2.05) is 6.92 Å². The van der Waals surface area contributed by atoms with Gasteiger partial charge in [-0.3, -0.25) is 14.5 Å². The van der Waals surface area contributed by atoms with E-state index in [1.165, 1.54) is 30.5 Å². The van der Waals surface area contributed by atoms with Crippen molar-refractivity contribution in [2.45, 2.75) is 32.6 Å². The third-order valence-corrected chi connectivity index (χ3v) is 7.20. The van der Waals surface area contributed by atoms with Gasteiger partial charge in [0.05, 0.1) is 16.8 Å². The summed E-state index contributed by atoms with van der Waals surface area (Å²) in [6.07, 6.45) is 5.44. The molecular formula is C30H28F4N4OS. The minimum Gasteiger partial charge on any atom is -0.404 e. The smallest absolute Gasteiger partial charge is 0.194 e. The van der Waals surface area contributed by atoms with E-state index in [0.717, 1.165) is 17.7 Å². The minimum absolute atomic E-state index is 0.0272. The fraction of sp³-hybridized carbons (Fsp3) is 0.233. The largest absolute Gasteiger partial charge is 0.404 e. The number of aliphatic imine (C=N–C) groups is 1. The molecule has 208 valence electrons. The van der Waals surface area contributed by atoms with Crippen LogP contribution in [0.25, 0.3) is 0 Å². The second-order valence-electron chi connectivity index (χ2n) is 9.53. The van der Waals surface area contributed by atoms with Gasteiger partial charge in [-0.25, -0.2) is 22.6 Å².